The van der Waals surface area contributed by atoms with Gasteiger partial charge in [0.25, 0.3) is 0 Å². The molecule has 0 aliphatic rings. The van der Waals surface area contributed by atoms with Crippen molar-refractivity contribution >= 4 is 15.9 Å². The third-order valence-corrected chi connectivity index (χ3v) is 0.498. The van der Waals surface area contributed by atoms with Gasteiger partial charge in [-0.15, -0.1) is 0 Å². The molecule has 0 atom stereocenters. The molecule has 0 radical (unpaired) electrons. The van der Waals surface area contributed by atoms with E-state index in [1.807, 2.05) is 0 Å². The SMILES string of the molecule is [2H]C([2H])([2H])C([2H])([2H])C([2H])([2H])C([2H])([2H])CBr. The molecule has 0 unspecified atom stereocenters. The van der Waals surface area contributed by atoms with Crippen LogP contribution < -0.4 is 0 Å². The highest BCUT2D eigenvalue weighted by molar-refractivity contribution is 9.09. The molecule has 0 aromatic rings. The van der Waals surface area contributed by atoms with Crippen molar-refractivity contribution in [3.8, 4) is 0 Å². The Labute approximate surface area is 60.7 Å². The van der Waals surface area contributed by atoms with Gasteiger partial charge in [-0.2, -0.15) is 0 Å². The topological polar surface area (TPSA) is 0 Å². The maximum Gasteiger partial charge on any atom is 0.0275 e. The summed E-state index contributed by atoms with van der Waals surface area (Å²) in [5, 5.41) is -0.484. The van der Waals surface area contributed by atoms with Crippen LogP contribution in [0.15, 0.2) is 0 Å². The van der Waals surface area contributed by atoms with Crippen molar-refractivity contribution in [1.29, 1.82) is 0 Å². The molecule has 0 saturated heterocycles. The Bertz CT molecular complexity index is 229. The molecule has 0 aliphatic carbocycles. The molecule has 0 saturated carbocycles. The summed E-state index contributed by atoms with van der Waals surface area (Å²) < 4.78 is 64.2. The van der Waals surface area contributed by atoms with Crippen molar-refractivity contribution in [2.45, 2.75) is 26.0 Å². The normalized spacial score (nSPS) is 40.5. The van der Waals surface area contributed by atoms with Crippen molar-refractivity contribution in [3.63, 3.8) is 0 Å². The van der Waals surface area contributed by atoms with Gasteiger partial charge >= 0.3 is 0 Å². The average molecular weight is 160 g/mol. The minimum atomic E-state index is -3.25. The van der Waals surface area contributed by atoms with E-state index in [1.54, 1.807) is 0 Å². The van der Waals surface area contributed by atoms with Gasteiger partial charge < -0.3 is 0 Å². The summed E-state index contributed by atoms with van der Waals surface area (Å²) in [5.41, 5.74) is 0. The molecule has 6 heavy (non-hydrogen) atoms. The van der Waals surface area contributed by atoms with Gasteiger partial charge in [0.2, 0.25) is 0 Å². The molecule has 0 nitrogen and oxygen atoms in total. The minimum Gasteiger partial charge on any atom is -0.0928 e. The number of alkyl halides is 1. The van der Waals surface area contributed by atoms with Gasteiger partial charge in [0, 0.05) is 17.7 Å². The van der Waals surface area contributed by atoms with Gasteiger partial charge in [-0.05, 0) is 6.37 Å². The van der Waals surface area contributed by atoms with E-state index in [4.69, 9.17) is 12.3 Å². The molecule has 0 bridgehead atoms. The summed E-state index contributed by atoms with van der Waals surface area (Å²) in [4.78, 5) is 0. The lowest BCUT2D eigenvalue weighted by Crippen LogP contribution is -1.70. The summed E-state index contributed by atoms with van der Waals surface area (Å²) in [5.74, 6) is 0. The first-order chi connectivity index (χ1) is 6.31. The first-order valence-electron chi connectivity index (χ1n) is 5.87. The van der Waals surface area contributed by atoms with Crippen molar-refractivity contribution in [1.82, 2.24) is 0 Å². The lowest BCUT2D eigenvalue weighted by Gasteiger charge is -1.85. The first-order valence-corrected chi connectivity index (χ1v) is 2.49. The fourth-order valence-corrected chi connectivity index (χ4v) is 0.218. The van der Waals surface area contributed by atoms with Gasteiger partial charge in [-0.1, -0.05) is 35.5 Å². The fourth-order valence-electron chi connectivity index (χ4n) is 0.0776. The average Bonchev–Trinajstić information content (AvgIpc) is 2.01. The molecule has 0 amide bonds. The molecule has 0 fully saturated rings. The molecule has 0 rings (SSSR count). The van der Waals surface area contributed by atoms with Gasteiger partial charge in [0.15, 0.2) is 0 Å². The molecular weight excluding hydrogens is 140 g/mol. The lowest BCUT2D eigenvalue weighted by atomic mass is 10.3. The van der Waals surface area contributed by atoms with Crippen LogP contribution in [-0.2, 0) is 0 Å². The lowest BCUT2D eigenvalue weighted by molar-refractivity contribution is 0.781. The minimum absolute atomic E-state index is 0.484. The predicted octanol–water partition coefficient (Wildman–Crippen LogP) is 2.57. The standard InChI is InChI=1S/C5H11Br/c1-2-3-4-5-6/h2-5H2,1H3/i1D3,2D2,3D2,4D2. The van der Waals surface area contributed by atoms with E-state index < -0.39 is 31.3 Å². The number of hydrogen-bond donors (Lipinski definition) is 0. The van der Waals surface area contributed by atoms with E-state index in [-0.39, 0.29) is 0 Å². The first kappa shape index (κ1) is 0.928. The van der Waals surface area contributed by atoms with Crippen molar-refractivity contribution in [2.24, 2.45) is 0 Å². The van der Waals surface area contributed by atoms with Crippen LogP contribution in [0.25, 0.3) is 0 Å². The van der Waals surface area contributed by atoms with Gasteiger partial charge in [0.1, 0.15) is 0 Å². The molecule has 0 aromatic heterocycles. The third kappa shape index (κ3) is 4.48. The summed E-state index contributed by atoms with van der Waals surface area (Å²) in [6, 6.07) is 0. The maximum absolute atomic E-state index is 7.31. The number of halogens is 1. The van der Waals surface area contributed by atoms with Crippen LogP contribution in [0.2, 0.25) is 0 Å². The van der Waals surface area contributed by atoms with E-state index in [1.165, 1.54) is 0 Å². The zero-order valence-electron chi connectivity index (χ0n) is 12.1. The van der Waals surface area contributed by atoms with Crippen LogP contribution >= 0.6 is 15.9 Å². The highest BCUT2D eigenvalue weighted by Crippen LogP contribution is 1.95. The molecule has 0 heterocycles. The van der Waals surface area contributed by atoms with E-state index >= 15 is 0 Å². The van der Waals surface area contributed by atoms with Crippen LogP contribution in [-0.4, -0.2) is 5.33 Å². The van der Waals surface area contributed by atoms with E-state index in [2.05, 4.69) is 15.9 Å². The van der Waals surface area contributed by atoms with Gasteiger partial charge in [0.05, 0.1) is 0 Å². The highest BCUT2D eigenvalue weighted by atomic mass is 79.9. The molecular formula is C5H11Br. The van der Waals surface area contributed by atoms with Crippen LogP contribution in [0.3, 0.4) is 0 Å². The van der Waals surface area contributed by atoms with Gasteiger partial charge in [-0.3, -0.25) is 0 Å². The Morgan fingerprint density at radius 3 is 3.17 bits per heavy atom. The second kappa shape index (κ2) is 5.48. The monoisotopic (exact) mass is 159 g/mol. The van der Waals surface area contributed by atoms with E-state index in [9.17, 15) is 0 Å². The predicted molar refractivity (Wildman–Crippen MR) is 33.3 cm³/mol. The Kier molecular flexibility index (Phi) is 0.848. The van der Waals surface area contributed by atoms with Crippen molar-refractivity contribution in [2.75, 3.05) is 5.33 Å². The van der Waals surface area contributed by atoms with Crippen LogP contribution in [0.5, 0.6) is 0 Å². The molecule has 0 N–H and O–H groups in total. The van der Waals surface area contributed by atoms with E-state index in [0.29, 0.717) is 0 Å². The second-order valence-corrected chi connectivity index (χ2v) is 1.12. The smallest absolute Gasteiger partial charge is 0.0275 e. The van der Waals surface area contributed by atoms with Gasteiger partial charge in [-0.25, -0.2) is 0 Å². The van der Waals surface area contributed by atoms with Crippen molar-refractivity contribution in [3.05, 3.63) is 0 Å². The highest BCUT2D eigenvalue weighted by Gasteiger charge is 1.76. The molecule has 0 spiro atoms. The van der Waals surface area contributed by atoms with Crippen LogP contribution in [0.4, 0.5) is 0 Å². The largest absolute Gasteiger partial charge is 0.0928 e. The Morgan fingerprint density at radius 2 is 2.67 bits per heavy atom. The summed E-state index contributed by atoms with van der Waals surface area (Å²) >= 11 is 2.70. The third-order valence-electron chi connectivity index (χ3n) is 0.218. The molecule has 38 valence electrons. The Hall–Kier alpha value is 0.480. The Morgan fingerprint density at radius 1 is 1.83 bits per heavy atom. The zero-order valence-corrected chi connectivity index (χ0v) is 4.67. The molecule has 0 aromatic carbocycles. The summed E-state index contributed by atoms with van der Waals surface area (Å²) in [6.07, 6.45) is -8.98. The number of hydrogen-bond acceptors (Lipinski definition) is 0. The summed E-state index contributed by atoms with van der Waals surface area (Å²) in [7, 11) is 0. The van der Waals surface area contributed by atoms with Crippen molar-refractivity contribution < 1.29 is 12.3 Å². The van der Waals surface area contributed by atoms with Crippen LogP contribution in [0, 0.1) is 0 Å². The Balaban J connectivity index is 5.38. The van der Waals surface area contributed by atoms with E-state index in [0.717, 1.165) is 0 Å². The zero-order chi connectivity index (χ0) is 12.7. The maximum atomic E-state index is 7.31. The molecule has 1 heteroatoms. The summed E-state index contributed by atoms with van der Waals surface area (Å²) in [6.45, 7) is -3.22. The second-order valence-electron chi connectivity index (χ2n) is 0.560. The number of rotatable bonds is 3. The fraction of sp³-hybridized carbons (Fsp3) is 1.00. The molecule has 0 aliphatic heterocycles. The quantitative estimate of drug-likeness (QED) is 0.556. The van der Waals surface area contributed by atoms with Crippen LogP contribution in [0.1, 0.15) is 38.3 Å².